The molecule has 0 spiro atoms. The Labute approximate surface area is 155 Å². The summed E-state index contributed by atoms with van der Waals surface area (Å²) in [5, 5.41) is 2.93. The summed E-state index contributed by atoms with van der Waals surface area (Å²) < 4.78 is 16.7. The molecular weight excluding hydrogens is 330 g/mol. The van der Waals surface area contributed by atoms with Crippen molar-refractivity contribution in [1.29, 1.82) is 0 Å². The lowest BCUT2D eigenvalue weighted by molar-refractivity contribution is -0.128. The van der Waals surface area contributed by atoms with Gasteiger partial charge in [-0.2, -0.15) is 0 Å². The molecule has 2 aromatic rings. The smallest absolute Gasteiger partial charge is 0.261 e. The van der Waals surface area contributed by atoms with E-state index < -0.39 is 6.10 Å². The van der Waals surface area contributed by atoms with Gasteiger partial charge in [-0.05, 0) is 50.1 Å². The zero-order chi connectivity index (χ0) is 18.9. The molecular formula is C21H27NO4. The van der Waals surface area contributed by atoms with Gasteiger partial charge >= 0.3 is 0 Å². The highest BCUT2D eigenvalue weighted by Crippen LogP contribution is 2.21. The van der Waals surface area contributed by atoms with Gasteiger partial charge < -0.3 is 19.5 Å². The lowest BCUT2D eigenvalue weighted by Gasteiger charge is -2.18. The van der Waals surface area contributed by atoms with Crippen molar-refractivity contribution in [3.63, 3.8) is 0 Å². The Morgan fingerprint density at radius 1 is 1.00 bits per heavy atom. The Kier molecular flexibility index (Phi) is 7.33. The molecule has 5 nitrogen and oxygen atoms in total. The van der Waals surface area contributed by atoms with Crippen LogP contribution in [0, 0.1) is 0 Å². The number of hydrogen-bond donors (Lipinski definition) is 1. The first-order chi connectivity index (χ1) is 12.5. The lowest BCUT2D eigenvalue weighted by atomic mass is 10.2. The maximum Gasteiger partial charge on any atom is 0.261 e. The van der Waals surface area contributed by atoms with Gasteiger partial charge in [0.1, 0.15) is 17.2 Å². The maximum atomic E-state index is 12.5. The van der Waals surface area contributed by atoms with Gasteiger partial charge in [0.15, 0.2) is 6.10 Å². The third-order valence-corrected chi connectivity index (χ3v) is 3.72. The van der Waals surface area contributed by atoms with Crippen LogP contribution in [0.5, 0.6) is 17.2 Å². The fourth-order valence-corrected chi connectivity index (χ4v) is 2.46. The highest BCUT2D eigenvalue weighted by Gasteiger charge is 2.18. The number of carbonyl (C=O) groups is 1. The first kappa shape index (κ1) is 19.6. The normalized spacial score (nSPS) is 11.7. The standard InChI is InChI=1S/C21H27NO4/c1-5-20(26-19-11-7-9-17(13-19)24-4)21(23)22-14-16-8-6-10-18(12-16)25-15(2)3/h6-13,15,20H,5,14H2,1-4H3,(H,22,23)/t20-/m0/s1. The van der Waals surface area contributed by atoms with Crippen LogP contribution in [-0.4, -0.2) is 25.2 Å². The van der Waals surface area contributed by atoms with Crippen LogP contribution in [0.3, 0.4) is 0 Å². The molecule has 0 aliphatic rings. The van der Waals surface area contributed by atoms with Crippen LogP contribution in [-0.2, 0) is 11.3 Å². The van der Waals surface area contributed by atoms with Crippen molar-refractivity contribution in [3.8, 4) is 17.2 Å². The van der Waals surface area contributed by atoms with E-state index in [4.69, 9.17) is 14.2 Å². The van der Waals surface area contributed by atoms with Crippen LogP contribution in [0.1, 0.15) is 32.8 Å². The molecule has 0 fully saturated rings. The summed E-state index contributed by atoms with van der Waals surface area (Å²) in [4.78, 5) is 12.5. The number of ether oxygens (including phenoxy) is 3. The number of hydrogen-bond acceptors (Lipinski definition) is 4. The van der Waals surface area contributed by atoms with Crippen LogP contribution < -0.4 is 19.5 Å². The van der Waals surface area contributed by atoms with E-state index >= 15 is 0 Å². The van der Waals surface area contributed by atoms with Gasteiger partial charge in [0, 0.05) is 12.6 Å². The number of amides is 1. The van der Waals surface area contributed by atoms with Gasteiger partial charge in [-0.15, -0.1) is 0 Å². The molecule has 1 N–H and O–H groups in total. The summed E-state index contributed by atoms with van der Waals surface area (Å²) in [5.41, 5.74) is 0.979. The number of rotatable bonds is 9. The Morgan fingerprint density at radius 2 is 1.65 bits per heavy atom. The van der Waals surface area contributed by atoms with E-state index in [9.17, 15) is 4.79 Å². The highest BCUT2D eigenvalue weighted by molar-refractivity contribution is 5.81. The molecule has 0 aliphatic heterocycles. The number of methoxy groups -OCH3 is 1. The Bertz CT molecular complexity index is 715. The molecule has 2 rings (SSSR count). The van der Waals surface area contributed by atoms with Crippen LogP contribution in [0.2, 0.25) is 0 Å². The number of benzene rings is 2. The van der Waals surface area contributed by atoms with Crippen LogP contribution >= 0.6 is 0 Å². The van der Waals surface area contributed by atoms with Gasteiger partial charge in [0.25, 0.3) is 5.91 Å². The molecule has 2 aromatic carbocycles. The lowest BCUT2D eigenvalue weighted by Crippen LogP contribution is -2.37. The van der Waals surface area contributed by atoms with E-state index in [-0.39, 0.29) is 12.0 Å². The fourth-order valence-electron chi connectivity index (χ4n) is 2.46. The predicted molar refractivity (Wildman–Crippen MR) is 102 cm³/mol. The molecule has 0 radical (unpaired) electrons. The highest BCUT2D eigenvalue weighted by atomic mass is 16.5. The average Bonchev–Trinajstić information content (AvgIpc) is 2.64. The fraction of sp³-hybridized carbons (Fsp3) is 0.381. The summed E-state index contributed by atoms with van der Waals surface area (Å²) in [6.07, 6.45) is 0.122. The molecule has 26 heavy (non-hydrogen) atoms. The van der Waals surface area contributed by atoms with E-state index in [2.05, 4.69) is 5.32 Å². The summed E-state index contributed by atoms with van der Waals surface area (Å²) in [7, 11) is 1.60. The molecule has 0 aromatic heterocycles. The molecule has 0 saturated carbocycles. The molecule has 0 aliphatic carbocycles. The summed E-state index contributed by atoms with van der Waals surface area (Å²) in [6.45, 7) is 6.31. The third kappa shape index (κ3) is 5.99. The minimum absolute atomic E-state index is 0.112. The van der Waals surface area contributed by atoms with E-state index in [1.165, 1.54) is 0 Å². The predicted octanol–water partition coefficient (Wildman–Crippen LogP) is 3.96. The Balaban J connectivity index is 1.94. The van der Waals surface area contributed by atoms with E-state index in [1.807, 2.05) is 63.2 Å². The summed E-state index contributed by atoms with van der Waals surface area (Å²) in [5.74, 6) is 1.95. The summed E-state index contributed by atoms with van der Waals surface area (Å²) >= 11 is 0. The van der Waals surface area contributed by atoms with Crippen molar-refractivity contribution in [3.05, 3.63) is 54.1 Å². The van der Waals surface area contributed by atoms with Crippen LogP contribution in [0.15, 0.2) is 48.5 Å². The Morgan fingerprint density at radius 3 is 2.31 bits per heavy atom. The van der Waals surface area contributed by atoms with E-state index in [0.29, 0.717) is 24.5 Å². The minimum Gasteiger partial charge on any atom is -0.497 e. The zero-order valence-corrected chi connectivity index (χ0v) is 15.8. The molecule has 1 amide bonds. The Hall–Kier alpha value is -2.69. The van der Waals surface area contributed by atoms with E-state index in [1.54, 1.807) is 13.2 Å². The SMILES string of the molecule is CC[C@H](Oc1cccc(OC)c1)C(=O)NCc1cccc(OC(C)C)c1. The van der Waals surface area contributed by atoms with Gasteiger partial charge in [-0.1, -0.05) is 25.1 Å². The number of carbonyl (C=O) groups excluding carboxylic acids is 1. The molecule has 1 atom stereocenters. The van der Waals surface area contributed by atoms with Crippen molar-refractivity contribution in [1.82, 2.24) is 5.32 Å². The van der Waals surface area contributed by atoms with Crippen LogP contribution in [0.25, 0.3) is 0 Å². The van der Waals surface area contributed by atoms with Gasteiger partial charge in [0.2, 0.25) is 0 Å². The molecule has 0 saturated heterocycles. The number of nitrogens with one attached hydrogen (secondary N) is 1. The monoisotopic (exact) mass is 357 g/mol. The van der Waals surface area contributed by atoms with E-state index in [0.717, 1.165) is 11.3 Å². The third-order valence-electron chi connectivity index (χ3n) is 3.72. The topological polar surface area (TPSA) is 56.8 Å². The second kappa shape index (κ2) is 9.70. The largest absolute Gasteiger partial charge is 0.497 e. The van der Waals surface area contributed by atoms with Crippen molar-refractivity contribution < 1.29 is 19.0 Å². The van der Waals surface area contributed by atoms with Gasteiger partial charge in [-0.25, -0.2) is 0 Å². The second-order valence-electron chi connectivity index (χ2n) is 6.23. The van der Waals surface area contributed by atoms with Gasteiger partial charge in [0.05, 0.1) is 13.2 Å². The average molecular weight is 357 g/mol. The quantitative estimate of drug-likeness (QED) is 0.738. The van der Waals surface area contributed by atoms with Crippen molar-refractivity contribution >= 4 is 5.91 Å². The second-order valence-corrected chi connectivity index (χ2v) is 6.23. The van der Waals surface area contributed by atoms with Crippen molar-refractivity contribution in [2.75, 3.05) is 7.11 Å². The maximum absolute atomic E-state index is 12.5. The molecule has 0 heterocycles. The molecule has 140 valence electrons. The molecule has 5 heteroatoms. The summed E-state index contributed by atoms with van der Waals surface area (Å²) in [6, 6.07) is 15.0. The first-order valence-corrected chi connectivity index (χ1v) is 8.85. The van der Waals surface area contributed by atoms with Gasteiger partial charge in [-0.3, -0.25) is 4.79 Å². The first-order valence-electron chi connectivity index (χ1n) is 8.85. The molecule has 0 bridgehead atoms. The van der Waals surface area contributed by atoms with Crippen molar-refractivity contribution in [2.24, 2.45) is 0 Å². The van der Waals surface area contributed by atoms with Crippen molar-refractivity contribution in [2.45, 2.75) is 45.9 Å². The zero-order valence-electron chi connectivity index (χ0n) is 15.8. The molecule has 0 unspecified atom stereocenters. The minimum atomic E-state index is -0.558. The van der Waals surface area contributed by atoms with Crippen LogP contribution in [0.4, 0.5) is 0 Å².